The first-order chi connectivity index (χ1) is 15.2. The second-order valence-corrected chi connectivity index (χ2v) is 8.18. The average Bonchev–Trinajstić information content (AvgIpc) is 2.68. The van der Waals surface area contributed by atoms with Gasteiger partial charge in [0.25, 0.3) is 0 Å². The third-order valence-electron chi connectivity index (χ3n) is 5.23. The Morgan fingerprint density at radius 2 is 1.41 bits per heavy atom. The fourth-order valence-electron chi connectivity index (χ4n) is 4.00. The highest BCUT2D eigenvalue weighted by Crippen LogP contribution is 2.26. The summed E-state index contributed by atoms with van der Waals surface area (Å²) >= 11 is 0. The van der Waals surface area contributed by atoms with Crippen molar-refractivity contribution < 1.29 is 18.7 Å². The van der Waals surface area contributed by atoms with Crippen LogP contribution in [0.3, 0.4) is 0 Å². The number of carbonyl (C=O) groups excluding carboxylic acids is 1. The van der Waals surface area contributed by atoms with Crippen molar-refractivity contribution in [3.05, 3.63) is 98.4 Å². The second-order valence-electron chi connectivity index (χ2n) is 8.18. The summed E-state index contributed by atoms with van der Waals surface area (Å²) in [5.41, 5.74) is 5.42. The van der Waals surface area contributed by atoms with Crippen molar-refractivity contribution in [2.45, 2.75) is 34.6 Å². The molecule has 0 spiro atoms. The summed E-state index contributed by atoms with van der Waals surface area (Å²) in [6, 6.07) is 14.3. The van der Waals surface area contributed by atoms with Crippen LogP contribution in [0.1, 0.15) is 38.2 Å². The van der Waals surface area contributed by atoms with Gasteiger partial charge in [-0.05, 0) is 81.1 Å². The first kappa shape index (κ1) is 21.4. The predicted octanol–water partition coefficient (Wildman–Crippen LogP) is 6.35. The third kappa shape index (κ3) is 4.28. The maximum absolute atomic E-state index is 12.9. The van der Waals surface area contributed by atoms with Gasteiger partial charge in [0, 0.05) is 6.07 Å². The fraction of sp³-hybridized carbons (Fsp3) is 0.185. The minimum atomic E-state index is -0.448. The molecule has 0 atom stereocenters. The van der Waals surface area contributed by atoms with Crippen molar-refractivity contribution >= 4 is 16.9 Å². The number of hydrogen-bond acceptors (Lipinski definition) is 5. The minimum Gasteiger partial charge on any atom is -0.460 e. The van der Waals surface area contributed by atoms with Gasteiger partial charge in [0.2, 0.25) is 11.2 Å². The van der Waals surface area contributed by atoms with Crippen LogP contribution in [0.5, 0.6) is 17.2 Å². The van der Waals surface area contributed by atoms with E-state index >= 15 is 0 Å². The number of fused-ring (bicyclic) bond motifs is 1. The van der Waals surface area contributed by atoms with Gasteiger partial charge in [0.05, 0.1) is 10.9 Å². The molecule has 0 bridgehead atoms. The van der Waals surface area contributed by atoms with Crippen LogP contribution in [-0.4, -0.2) is 5.97 Å². The van der Waals surface area contributed by atoms with Crippen LogP contribution >= 0.6 is 0 Å². The molecule has 162 valence electrons. The van der Waals surface area contributed by atoms with Gasteiger partial charge < -0.3 is 13.9 Å². The third-order valence-corrected chi connectivity index (χ3v) is 5.23. The van der Waals surface area contributed by atoms with Crippen molar-refractivity contribution in [2.75, 3.05) is 0 Å². The van der Waals surface area contributed by atoms with Crippen molar-refractivity contribution in [1.29, 1.82) is 0 Å². The Bertz CT molecular complexity index is 1370. The van der Waals surface area contributed by atoms with E-state index in [9.17, 15) is 9.59 Å². The average molecular weight is 428 g/mol. The Balaban J connectivity index is 1.62. The highest BCUT2D eigenvalue weighted by molar-refractivity contribution is 5.94. The molecule has 0 radical (unpaired) electrons. The van der Waals surface area contributed by atoms with E-state index in [-0.39, 0.29) is 11.2 Å². The van der Waals surface area contributed by atoms with Gasteiger partial charge >= 0.3 is 5.97 Å². The van der Waals surface area contributed by atoms with E-state index in [1.54, 1.807) is 12.1 Å². The first-order valence-corrected chi connectivity index (χ1v) is 10.3. The van der Waals surface area contributed by atoms with Gasteiger partial charge in [-0.3, -0.25) is 4.79 Å². The number of rotatable bonds is 4. The number of aryl methyl sites for hydroxylation is 5. The number of hydrogen-bond donors (Lipinski definition) is 0. The molecule has 5 heteroatoms. The normalized spacial score (nSPS) is 10.9. The van der Waals surface area contributed by atoms with Crippen LogP contribution in [0.15, 0.2) is 64.0 Å². The Labute approximate surface area is 186 Å². The van der Waals surface area contributed by atoms with E-state index in [0.29, 0.717) is 28.0 Å². The van der Waals surface area contributed by atoms with E-state index in [4.69, 9.17) is 13.9 Å². The minimum absolute atomic E-state index is 0.0955. The van der Waals surface area contributed by atoms with E-state index < -0.39 is 5.97 Å². The Kier molecular flexibility index (Phi) is 5.57. The molecule has 1 heterocycles. The van der Waals surface area contributed by atoms with E-state index in [1.807, 2.05) is 65.0 Å². The Morgan fingerprint density at radius 1 is 0.781 bits per heavy atom. The molecule has 0 aliphatic heterocycles. The molecular weight excluding hydrogens is 404 g/mol. The van der Waals surface area contributed by atoms with Crippen LogP contribution in [0.2, 0.25) is 0 Å². The van der Waals surface area contributed by atoms with Gasteiger partial charge in [-0.2, -0.15) is 0 Å². The molecule has 0 amide bonds. The van der Waals surface area contributed by atoms with E-state index in [1.165, 1.54) is 12.3 Å². The molecule has 5 nitrogen and oxygen atoms in total. The molecule has 0 fully saturated rings. The zero-order valence-electron chi connectivity index (χ0n) is 18.7. The number of esters is 1. The molecule has 0 saturated carbocycles. The lowest BCUT2D eigenvalue weighted by Gasteiger charge is -2.11. The lowest BCUT2D eigenvalue weighted by molar-refractivity contribution is 0.0733. The molecule has 4 rings (SSSR count). The maximum atomic E-state index is 12.9. The summed E-state index contributed by atoms with van der Waals surface area (Å²) in [5, 5.41) is 0.342. The zero-order chi connectivity index (χ0) is 23.0. The Morgan fingerprint density at radius 3 is 2.06 bits per heavy atom. The van der Waals surface area contributed by atoms with Crippen molar-refractivity contribution in [2.24, 2.45) is 0 Å². The topological polar surface area (TPSA) is 65.7 Å². The molecule has 4 aromatic rings. The lowest BCUT2D eigenvalue weighted by Crippen LogP contribution is -2.12. The summed E-state index contributed by atoms with van der Waals surface area (Å²) in [6.45, 7) is 9.68. The SMILES string of the molecule is Cc1cc(C)cc(Oc2coc3cc(OC(=O)c4c(C)cc(C)cc4C)ccc3c2=O)c1. The molecule has 32 heavy (non-hydrogen) atoms. The number of ether oxygens (including phenoxy) is 2. The molecule has 1 aromatic heterocycles. The van der Waals surface area contributed by atoms with E-state index in [2.05, 4.69) is 0 Å². The van der Waals surface area contributed by atoms with Crippen molar-refractivity contribution in [3.63, 3.8) is 0 Å². The summed E-state index contributed by atoms with van der Waals surface area (Å²) in [5.74, 6) is 0.520. The first-order valence-electron chi connectivity index (χ1n) is 10.3. The number of benzene rings is 3. The van der Waals surface area contributed by atoms with Gasteiger partial charge in [0.1, 0.15) is 23.3 Å². The van der Waals surface area contributed by atoms with E-state index in [0.717, 1.165) is 27.8 Å². The fourth-order valence-corrected chi connectivity index (χ4v) is 4.00. The number of carbonyl (C=O) groups is 1. The van der Waals surface area contributed by atoms with Crippen LogP contribution < -0.4 is 14.9 Å². The van der Waals surface area contributed by atoms with Crippen LogP contribution in [0.25, 0.3) is 11.0 Å². The van der Waals surface area contributed by atoms with Gasteiger partial charge in [-0.25, -0.2) is 4.79 Å². The summed E-state index contributed by atoms with van der Waals surface area (Å²) in [4.78, 5) is 25.6. The largest absolute Gasteiger partial charge is 0.460 e. The second kappa shape index (κ2) is 8.35. The van der Waals surface area contributed by atoms with Crippen LogP contribution in [0, 0.1) is 34.6 Å². The lowest BCUT2D eigenvalue weighted by atomic mass is 10.00. The molecular formula is C27H24O5. The summed E-state index contributed by atoms with van der Waals surface area (Å²) in [6.07, 6.45) is 1.28. The molecule has 0 saturated heterocycles. The molecule has 0 aliphatic carbocycles. The van der Waals surface area contributed by atoms with Crippen molar-refractivity contribution in [1.82, 2.24) is 0 Å². The maximum Gasteiger partial charge on any atom is 0.344 e. The van der Waals surface area contributed by atoms with Crippen LogP contribution in [-0.2, 0) is 0 Å². The molecule has 0 aliphatic rings. The highest BCUT2D eigenvalue weighted by Gasteiger charge is 2.17. The van der Waals surface area contributed by atoms with Gasteiger partial charge in [-0.15, -0.1) is 0 Å². The standard InChI is InChI=1S/C27H24O5/c1-15-8-16(2)12-21(11-15)31-24-14-30-23-13-20(6-7-22(23)26(24)28)32-27(29)25-18(4)9-17(3)10-19(25)5/h6-14H,1-5H3. The molecule has 0 unspecified atom stereocenters. The predicted molar refractivity (Wildman–Crippen MR) is 124 cm³/mol. The Hall–Kier alpha value is -3.86. The molecule has 0 N–H and O–H groups in total. The molecule has 3 aromatic carbocycles. The van der Waals surface area contributed by atoms with Gasteiger partial charge in [-0.1, -0.05) is 23.8 Å². The van der Waals surface area contributed by atoms with Crippen LogP contribution in [0.4, 0.5) is 0 Å². The smallest absolute Gasteiger partial charge is 0.344 e. The van der Waals surface area contributed by atoms with Crippen molar-refractivity contribution in [3.8, 4) is 17.2 Å². The summed E-state index contributed by atoms with van der Waals surface area (Å²) in [7, 11) is 0. The quantitative estimate of drug-likeness (QED) is 0.280. The highest BCUT2D eigenvalue weighted by atomic mass is 16.5. The monoisotopic (exact) mass is 428 g/mol. The summed E-state index contributed by atoms with van der Waals surface area (Å²) < 4.78 is 17.0. The zero-order valence-corrected chi connectivity index (χ0v) is 18.7. The van der Waals surface area contributed by atoms with Gasteiger partial charge in [0.15, 0.2) is 0 Å².